The fourth-order valence-corrected chi connectivity index (χ4v) is 1.10. The van der Waals surface area contributed by atoms with Crippen molar-refractivity contribution in [2.45, 2.75) is 0 Å². The number of primary amides is 1. The van der Waals surface area contributed by atoms with Crippen molar-refractivity contribution in [2.24, 2.45) is 5.73 Å². The third-order valence-electron chi connectivity index (χ3n) is 1.92. The van der Waals surface area contributed by atoms with Crippen LogP contribution >= 0.6 is 0 Å². The number of aromatic carboxylic acids is 1. The van der Waals surface area contributed by atoms with Gasteiger partial charge in [0.25, 0.3) is 0 Å². The van der Waals surface area contributed by atoms with Crippen LogP contribution in [0.4, 0.5) is 10.5 Å². The number of benzene rings is 1. The van der Waals surface area contributed by atoms with Gasteiger partial charge < -0.3 is 26.6 Å². The summed E-state index contributed by atoms with van der Waals surface area (Å²) in [5, 5.41) is 22.5. The maximum atomic E-state index is 11.2. The predicted molar refractivity (Wildman–Crippen MR) is 61.3 cm³/mol. The van der Waals surface area contributed by atoms with Crippen molar-refractivity contribution in [1.82, 2.24) is 5.32 Å². The quantitative estimate of drug-likeness (QED) is 0.468. The molecule has 96 valence electrons. The molecule has 8 heteroatoms. The summed E-state index contributed by atoms with van der Waals surface area (Å²) in [6.45, 7) is -0.347. The van der Waals surface area contributed by atoms with Crippen LogP contribution in [0.1, 0.15) is 10.4 Å². The van der Waals surface area contributed by atoms with E-state index in [0.717, 1.165) is 6.07 Å². The van der Waals surface area contributed by atoms with Gasteiger partial charge in [-0.05, 0) is 18.2 Å². The summed E-state index contributed by atoms with van der Waals surface area (Å²) >= 11 is 0. The van der Waals surface area contributed by atoms with Gasteiger partial charge in [-0.3, -0.25) is 4.79 Å². The van der Waals surface area contributed by atoms with Crippen molar-refractivity contribution in [3.63, 3.8) is 0 Å². The molecular weight excluding hydrogens is 242 g/mol. The number of amides is 3. The molecule has 0 saturated carbocycles. The van der Waals surface area contributed by atoms with E-state index in [1.54, 1.807) is 0 Å². The van der Waals surface area contributed by atoms with Gasteiger partial charge in [0.1, 0.15) is 5.75 Å². The Morgan fingerprint density at radius 2 is 1.94 bits per heavy atom. The minimum atomic E-state index is -1.20. The van der Waals surface area contributed by atoms with Crippen molar-refractivity contribution in [2.75, 3.05) is 11.9 Å². The van der Waals surface area contributed by atoms with Crippen molar-refractivity contribution >= 4 is 23.6 Å². The molecule has 1 aromatic carbocycles. The van der Waals surface area contributed by atoms with Crippen LogP contribution in [0.3, 0.4) is 0 Å². The number of nitrogens with two attached hydrogens (primary N) is 1. The molecule has 0 aliphatic heterocycles. The first-order valence-corrected chi connectivity index (χ1v) is 4.79. The van der Waals surface area contributed by atoms with Crippen LogP contribution in [0.2, 0.25) is 0 Å². The average molecular weight is 253 g/mol. The number of aromatic hydroxyl groups is 1. The molecular formula is C10H11N3O5. The Morgan fingerprint density at radius 3 is 2.44 bits per heavy atom. The first kappa shape index (κ1) is 13.3. The van der Waals surface area contributed by atoms with Gasteiger partial charge in [0, 0.05) is 0 Å². The van der Waals surface area contributed by atoms with E-state index in [4.69, 9.17) is 10.8 Å². The van der Waals surface area contributed by atoms with Gasteiger partial charge in [0.2, 0.25) is 5.91 Å². The molecule has 0 aromatic heterocycles. The van der Waals surface area contributed by atoms with Crippen molar-refractivity contribution in [3.8, 4) is 5.75 Å². The lowest BCUT2D eigenvalue weighted by atomic mass is 10.2. The number of hydrogen-bond donors (Lipinski definition) is 5. The fraction of sp³-hybridized carbons (Fsp3) is 0.100. The lowest BCUT2D eigenvalue weighted by molar-refractivity contribution is -0.117. The number of carboxylic acids is 1. The second-order valence-corrected chi connectivity index (χ2v) is 3.31. The summed E-state index contributed by atoms with van der Waals surface area (Å²) in [5.74, 6) is -2.31. The standard InChI is InChI=1S/C10H11N3O5/c11-8(15)4-12-10(18)13-6-2-1-5(9(16)17)3-7(6)14/h1-3,14H,4H2,(H2,11,15)(H,16,17)(H2,12,13,18). The second-order valence-electron chi connectivity index (χ2n) is 3.31. The SMILES string of the molecule is NC(=O)CNC(=O)Nc1ccc(C(=O)O)cc1O. The fourth-order valence-electron chi connectivity index (χ4n) is 1.10. The lowest BCUT2D eigenvalue weighted by Gasteiger charge is -2.08. The summed E-state index contributed by atoms with van der Waals surface area (Å²) in [4.78, 5) is 32.2. The van der Waals surface area contributed by atoms with E-state index < -0.39 is 23.7 Å². The Bertz CT molecular complexity index is 500. The molecule has 3 amide bonds. The van der Waals surface area contributed by atoms with Crippen LogP contribution in [-0.2, 0) is 4.79 Å². The molecule has 8 nitrogen and oxygen atoms in total. The van der Waals surface area contributed by atoms with E-state index in [-0.39, 0.29) is 17.8 Å². The van der Waals surface area contributed by atoms with Gasteiger partial charge >= 0.3 is 12.0 Å². The zero-order valence-corrected chi connectivity index (χ0v) is 9.14. The maximum Gasteiger partial charge on any atom is 0.335 e. The highest BCUT2D eigenvalue weighted by Crippen LogP contribution is 2.24. The number of carbonyl (C=O) groups excluding carboxylic acids is 2. The largest absolute Gasteiger partial charge is 0.506 e. The van der Waals surface area contributed by atoms with Crippen molar-refractivity contribution in [3.05, 3.63) is 23.8 Å². The molecule has 0 bridgehead atoms. The number of rotatable bonds is 4. The van der Waals surface area contributed by atoms with Gasteiger partial charge in [-0.2, -0.15) is 0 Å². The molecule has 0 aliphatic rings. The topological polar surface area (TPSA) is 142 Å². The Morgan fingerprint density at radius 1 is 1.28 bits per heavy atom. The van der Waals surface area contributed by atoms with Crippen LogP contribution in [0.5, 0.6) is 5.75 Å². The van der Waals surface area contributed by atoms with Crippen LogP contribution in [0.25, 0.3) is 0 Å². The van der Waals surface area contributed by atoms with Gasteiger partial charge in [0.05, 0.1) is 17.8 Å². The Kier molecular flexibility index (Phi) is 4.08. The van der Waals surface area contributed by atoms with E-state index in [9.17, 15) is 19.5 Å². The Balaban J connectivity index is 2.70. The minimum absolute atomic E-state index is 0.0157. The number of nitrogens with one attached hydrogen (secondary N) is 2. The molecule has 0 spiro atoms. The molecule has 1 rings (SSSR count). The highest BCUT2D eigenvalue weighted by Gasteiger charge is 2.10. The van der Waals surface area contributed by atoms with Gasteiger partial charge in [0.15, 0.2) is 0 Å². The molecule has 0 aliphatic carbocycles. The predicted octanol–water partition coefficient (Wildman–Crippen LogP) is -0.303. The zero-order chi connectivity index (χ0) is 13.7. The molecule has 1 aromatic rings. The highest BCUT2D eigenvalue weighted by atomic mass is 16.4. The van der Waals surface area contributed by atoms with Crippen LogP contribution < -0.4 is 16.4 Å². The van der Waals surface area contributed by atoms with E-state index in [0.29, 0.717) is 0 Å². The van der Waals surface area contributed by atoms with Crippen molar-refractivity contribution < 1.29 is 24.6 Å². The molecule has 6 N–H and O–H groups in total. The molecule has 0 heterocycles. The van der Waals surface area contributed by atoms with Gasteiger partial charge in [-0.1, -0.05) is 0 Å². The van der Waals surface area contributed by atoms with Crippen LogP contribution in [0.15, 0.2) is 18.2 Å². The molecule has 0 saturated heterocycles. The normalized spacial score (nSPS) is 9.56. The number of carbonyl (C=O) groups is 3. The molecule has 18 heavy (non-hydrogen) atoms. The summed E-state index contributed by atoms with van der Waals surface area (Å²) in [6, 6.07) is 2.69. The number of carboxylic acid groups (broad SMARTS) is 1. The monoisotopic (exact) mass is 253 g/mol. The molecule has 0 radical (unpaired) electrons. The molecule has 0 unspecified atom stereocenters. The van der Waals surface area contributed by atoms with Gasteiger partial charge in [-0.25, -0.2) is 9.59 Å². The molecule has 0 atom stereocenters. The second kappa shape index (κ2) is 5.53. The minimum Gasteiger partial charge on any atom is -0.506 e. The average Bonchev–Trinajstić information content (AvgIpc) is 2.29. The zero-order valence-electron chi connectivity index (χ0n) is 9.14. The number of urea groups is 1. The first-order valence-electron chi connectivity index (χ1n) is 4.79. The Hall–Kier alpha value is -2.77. The first-order chi connectivity index (χ1) is 8.40. The number of phenolic OH excluding ortho intramolecular Hbond substituents is 1. The van der Waals surface area contributed by atoms with E-state index in [1.165, 1.54) is 12.1 Å². The maximum absolute atomic E-state index is 11.2. The highest BCUT2D eigenvalue weighted by molar-refractivity contribution is 5.94. The summed E-state index contributed by atoms with van der Waals surface area (Å²) < 4.78 is 0. The van der Waals surface area contributed by atoms with E-state index >= 15 is 0 Å². The van der Waals surface area contributed by atoms with Crippen LogP contribution in [-0.4, -0.2) is 34.7 Å². The van der Waals surface area contributed by atoms with Crippen LogP contribution in [0, 0.1) is 0 Å². The number of hydrogen-bond acceptors (Lipinski definition) is 4. The summed E-state index contributed by atoms with van der Waals surface area (Å²) in [7, 11) is 0. The smallest absolute Gasteiger partial charge is 0.335 e. The molecule has 0 fully saturated rings. The van der Waals surface area contributed by atoms with E-state index in [1.807, 2.05) is 0 Å². The summed E-state index contributed by atoms with van der Waals surface area (Å²) in [6.07, 6.45) is 0. The number of phenols is 1. The summed E-state index contributed by atoms with van der Waals surface area (Å²) in [5.41, 5.74) is 4.72. The Labute approximate surface area is 101 Å². The number of anilines is 1. The lowest BCUT2D eigenvalue weighted by Crippen LogP contribution is -2.36. The van der Waals surface area contributed by atoms with Crippen molar-refractivity contribution in [1.29, 1.82) is 0 Å². The van der Waals surface area contributed by atoms with Gasteiger partial charge in [-0.15, -0.1) is 0 Å². The third kappa shape index (κ3) is 3.67. The van der Waals surface area contributed by atoms with E-state index in [2.05, 4.69) is 10.6 Å². The third-order valence-corrected chi connectivity index (χ3v) is 1.92.